The molecule has 116 valence electrons. The Morgan fingerprint density at radius 1 is 1.23 bits per heavy atom. The van der Waals surface area contributed by atoms with Gasteiger partial charge in [-0.2, -0.15) is 5.10 Å². The lowest BCUT2D eigenvalue weighted by Gasteiger charge is -2.22. The predicted molar refractivity (Wildman–Crippen MR) is 86.8 cm³/mol. The summed E-state index contributed by atoms with van der Waals surface area (Å²) in [7, 11) is 0. The van der Waals surface area contributed by atoms with Gasteiger partial charge in [-0.3, -0.25) is 4.79 Å². The van der Waals surface area contributed by atoms with Gasteiger partial charge >= 0.3 is 0 Å². The van der Waals surface area contributed by atoms with Gasteiger partial charge in [0.2, 0.25) is 5.91 Å². The highest BCUT2D eigenvalue weighted by Gasteiger charge is 2.24. The molecule has 2 heterocycles. The first-order valence-corrected chi connectivity index (χ1v) is 7.71. The van der Waals surface area contributed by atoms with Crippen molar-refractivity contribution < 1.29 is 4.79 Å². The summed E-state index contributed by atoms with van der Waals surface area (Å²) in [5.41, 5.74) is 1.80. The van der Waals surface area contributed by atoms with Crippen molar-refractivity contribution in [2.24, 2.45) is 0 Å². The van der Waals surface area contributed by atoms with Crippen molar-refractivity contribution in [1.82, 2.24) is 14.8 Å². The van der Waals surface area contributed by atoms with Crippen LogP contribution < -0.4 is 4.90 Å². The van der Waals surface area contributed by atoms with Gasteiger partial charge in [0.1, 0.15) is 5.82 Å². The highest BCUT2D eigenvalue weighted by atomic mass is 16.2. The first kappa shape index (κ1) is 14.8. The first-order valence-electron chi connectivity index (χ1n) is 7.71. The zero-order valence-electron chi connectivity index (χ0n) is 13.6. The molecule has 0 aliphatic carbocycles. The number of hydrogen-bond donors (Lipinski definition) is 0. The smallest absolute Gasteiger partial charge is 0.227 e. The zero-order valence-corrected chi connectivity index (χ0v) is 13.6. The number of carbonyl (C=O) groups is 1. The second kappa shape index (κ2) is 5.23. The summed E-state index contributed by atoms with van der Waals surface area (Å²) >= 11 is 0. The van der Waals surface area contributed by atoms with Crippen molar-refractivity contribution in [1.29, 1.82) is 0 Å². The van der Waals surface area contributed by atoms with E-state index in [-0.39, 0.29) is 11.4 Å². The summed E-state index contributed by atoms with van der Waals surface area (Å²) in [5.74, 6) is 1.80. The van der Waals surface area contributed by atoms with Crippen LogP contribution in [-0.4, -0.2) is 27.2 Å². The van der Waals surface area contributed by atoms with Gasteiger partial charge in [0.15, 0.2) is 5.82 Å². The summed E-state index contributed by atoms with van der Waals surface area (Å²) in [6.45, 7) is 9.03. The fourth-order valence-electron chi connectivity index (χ4n) is 2.80. The molecule has 0 N–H and O–H groups in total. The summed E-state index contributed by atoms with van der Waals surface area (Å²) in [6.07, 6.45) is 1.57. The topological polar surface area (TPSA) is 51.0 Å². The van der Waals surface area contributed by atoms with Crippen molar-refractivity contribution in [3.05, 3.63) is 30.1 Å². The van der Waals surface area contributed by atoms with Gasteiger partial charge in [-0.1, -0.05) is 12.1 Å². The number of rotatable bonds is 2. The van der Waals surface area contributed by atoms with Crippen molar-refractivity contribution in [2.75, 3.05) is 11.4 Å². The lowest BCUT2D eigenvalue weighted by molar-refractivity contribution is -0.117. The van der Waals surface area contributed by atoms with Crippen molar-refractivity contribution in [3.63, 3.8) is 0 Å². The number of carbonyl (C=O) groups excluding carboxylic acids is 1. The Morgan fingerprint density at radius 2 is 2.00 bits per heavy atom. The second-order valence-corrected chi connectivity index (χ2v) is 6.76. The molecule has 0 unspecified atom stereocenters. The third-order valence-electron chi connectivity index (χ3n) is 3.84. The second-order valence-electron chi connectivity index (χ2n) is 6.76. The maximum absolute atomic E-state index is 11.9. The molecule has 0 atom stereocenters. The zero-order chi connectivity index (χ0) is 15.9. The van der Waals surface area contributed by atoms with E-state index in [4.69, 9.17) is 0 Å². The van der Waals surface area contributed by atoms with Gasteiger partial charge in [0, 0.05) is 24.2 Å². The summed E-state index contributed by atoms with van der Waals surface area (Å²) in [5, 5.41) is 4.53. The fraction of sp³-hybridized carbons (Fsp3) is 0.471. The van der Waals surface area contributed by atoms with E-state index < -0.39 is 0 Å². The minimum absolute atomic E-state index is 0.143. The Bertz CT molecular complexity index is 712. The van der Waals surface area contributed by atoms with Crippen LogP contribution in [0.25, 0.3) is 11.4 Å². The number of aromatic nitrogens is 3. The van der Waals surface area contributed by atoms with Gasteiger partial charge in [0.05, 0.1) is 5.54 Å². The monoisotopic (exact) mass is 298 g/mol. The molecule has 2 aromatic rings. The molecule has 5 nitrogen and oxygen atoms in total. The molecule has 1 amide bonds. The van der Waals surface area contributed by atoms with Crippen LogP contribution in [-0.2, 0) is 10.3 Å². The normalized spacial score (nSPS) is 15.6. The maximum Gasteiger partial charge on any atom is 0.227 e. The van der Waals surface area contributed by atoms with Crippen LogP contribution in [0.3, 0.4) is 0 Å². The Morgan fingerprint density at radius 3 is 2.64 bits per heavy atom. The first-order chi connectivity index (χ1) is 10.4. The molecule has 5 heteroatoms. The average Bonchev–Trinajstić information content (AvgIpc) is 3.04. The van der Waals surface area contributed by atoms with Crippen LogP contribution >= 0.6 is 0 Å². The Kier molecular flexibility index (Phi) is 3.51. The molecule has 1 saturated heterocycles. The van der Waals surface area contributed by atoms with Crippen molar-refractivity contribution in [3.8, 4) is 11.4 Å². The molecule has 1 aliphatic rings. The van der Waals surface area contributed by atoms with Crippen LogP contribution in [0.5, 0.6) is 0 Å². The fourth-order valence-corrected chi connectivity index (χ4v) is 2.80. The Labute approximate surface area is 131 Å². The van der Waals surface area contributed by atoms with Crippen LogP contribution in [0, 0.1) is 6.92 Å². The van der Waals surface area contributed by atoms with Crippen LogP contribution in [0.2, 0.25) is 0 Å². The average molecular weight is 298 g/mol. The quantitative estimate of drug-likeness (QED) is 0.856. The maximum atomic E-state index is 11.9. The van der Waals surface area contributed by atoms with E-state index in [1.165, 1.54) is 0 Å². The minimum Gasteiger partial charge on any atom is -0.312 e. The molecule has 22 heavy (non-hydrogen) atoms. The van der Waals surface area contributed by atoms with E-state index in [9.17, 15) is 4.79 Å². The standard InChI is InChI=1S/C17H22N4O/c1-12-18-16(21(19-12)17(2,3)4)13-7-5-8-14(11-13)20-10-6-9-15(20)22/h5,7-8,11H,6,9-10H2,1-4H3. The SMILES string of the molecule is Cc1nc(-c2cccc(N3CCCC3=O)c2)n(C(C)(C)C)n1. The largest absolute Gasteiger partial charge is 0.312 e. The molecule has 0 saturated carbocycles. The number of hydrogen-bond acceptors (Lipinski definition) is 3. The van der Waals surface area contributed by atoms with Gasteiger partial charge < -0.3 is 4.90 Å². The molecule has 1 aliphatic heterocycles. The van der Waals surface area contributed by atoms with E-state index in [0.717, 1.165) is 35.9 Å². The highest BCUT2D eigenvalue weighted by Crippen LogP contribution is 2.29. The number of amides is 1. The van der Waals surface area contributed by atoms with Gasteiger partial charge in [-0.15, -0.1) is 0 Å². The molecule has 1 aromatic heterocycles. The molecule has 0 bridgehead atoms. The third kappa shape index (κ3) is 2.63. The molecular formula is C17H22N4O. The van der Waals surface area contributed by atoms with E-state index in [1.54, 1.807) is 0 Å². The highest BCUT2D eigenvalue weighted by molar-refractivity contribution is 5.95. The van der Waals surface area contributed by atoms with Crippen LogP contribution in [0.1, 0.15) is 39.4 Å². The van der Waals surface area contributed by atoms with E-state index in [2.05, 4.69) is 30.9 Å². The van der Waals surface area contributed by atoms with Crippen LogP contribution in [0.15, 0.2) is 24.3 Å². The number of benzene rings is 1. The molecule has 0 spiro atoms. The minimum atomic E-state index is -0.143. The van der Waals surface area contributed by atoms with E-state index in [0.29, 0.717) is 6.42 Å². The number of anilines is 1. The van der Waals surface area contributed by atoms with E-state index in [1.807, 2.05) is 40.8 Å². The molecule has 0 radical (unpaired) electrons. The van der Waals surface area contributed by atoms with E-state index >= 15 is 0 Å². The van der Waals surface area contributed by atoms with Crippen LogP contribution in [0.4, 0.5) is 5.69 Å². The van der Waals surface area contributed by atoms with Gasteiger partial charge in [-0.05, 0) is 46.2 Å². The third-order valence-corrected chi connectivity index (χ3v) is 3.84. The predicted octanol–water partition coefficient (Wildman–Crippen LogP) is 3.14. The Balaban J connectivity index is 2.05. The summed E-state index contributed by atoms with van der Waals surface area (Å²) in [4.78, 5) is 18.4. The molecule has 1 fully saturated rings. The molecule has 1 aromatic carbocycles. The summed E-state index contributed by atoms with van der Waals surface area (Å²) in [6, 6.07) is 8.02. The summed E-state index contributed by atoms with van der Waals surface area (Å²) < 4.78 is 1.95. The van der Waals surface area contributed by atoms with Crippen molar-refractivity contribution >= 4 is 11.6 Å². The number of nitrogens with zero attached hydrogens (tertiary/aromatic N) is 4. The molecular weight excluding hydrogens is 276 g/mol. The van der Waals surface area contributed by atoms with Crippen molar-refractivity contribution in [2.45, 2.75) is 46.1 Å². The lowest BCUT2D eigenvalue weighted by atomic mass is 10.1. The van der Waals surface area contributed by atoms with Gasteiger partial charge in [0.25, 0.3) is 0 Å². The lowest BCUT2D eigenvalue weighted by Crippen LogP contribution is -2.25. The van der Waals surface area contributed by atoms with Gasteiger partial charge in [-0.25, -0.2) is 9.67 Å². The number of aryl methyl sites for hydroxylation is 1. The molecule has 3 rings (SSSR count). The Hall–Kier alpha value is -2.17.